The van der Waals surface area contributed by atoms with Gasteiger partial charge < -0.3 is 10.3 Å². The first-order chi connectivity index (χ1) is 15.6. The number of aromatic amines is 1. The molecule has 1 aromatic carbocycles. The Kier molecular flexibility index (Phi) is 5.45. The topological polar surface area (TPSA) is 78.8 Å². The number of pyridine rings is 1. The van der Waals surface area contributed by atoms with Crippen molar-refractivity contribution in [3.8, 4) is 0 Å². The fraction of sp³-hybridized carbons (Fsp3) is 0.292. The van der Waals surface area contributed by atoms with Crippen LogP contribution in [-0.4, -0.2) is 43.6 Å². The third kappa shape index (κ3) is 4.13. The molecule has 0 saturated heterocycles. The fourth-order valence-electron chi connectivity index (χ4n) is 4.50. The van der Waals surface area contributed by atoms with Gasteiger partial charge in [-0.1, -0.05) is 6.07 Å². The summed E-state index contributed by atoms with van der Waals surface area (Å²) in [6, 6.07) is 8.67. The second kappa shape index (κ2) is 8.55. The van der Waals surface area contributed by atoms with E-state index in [9.17, 15) is 9.18 Å². The van der Waals surface area contributed by atoms with Crippen LogP contribution in [0, 0.1) is 5.82 Å². The number of carbonyl (C=O) groups is 1. The number of aryl methyl sites for hydroxylation is 1. The predicted molar refractivity (Wildman–Crippen MR) is 119 cm³/mol. The number of nitrogens with zero attached hydrogens (tertiary/aromatic N) is 4. The van der Waals surface area contributed by atoms with Gasteiger partial charge in [0.1, 0.15) is 5.82 Å². The largest absolute Gasteiger partial charge is 0.361 e. The maximum Gasteiger partial charge on any atom is 0.230 e. The number of hydrogen-bond acceptors (Lipinski definition) is 4. The van der Waals surface area contributed by atoms with Gasteiger partial charge in [0, 0.05) is 74.5 Å². The second-order valence-corrected chi connectivity index (χ2v) is 8.34. The van der Waals surface area contributed by atoms with E-state index in [1.165, 1.54) is 12.1 Å². The lowest BCUT2D eigenvalue weighted by molar-refractivity contribution is -0.123. The van der Waals surface area contributed by atoms with E-state index in [2.05, 4.69) is 25.3 Å². The maximum atomic E-state index is 13.6. The van der Waals surface area contributed by atoms with Crippen LogP contribution < -0.4 is 5.32 Å². The summed E-state index contributed by atoms with van der Waals surface area (Å²) in [5.74, 6) is -0.634. The maximum absolute atomic E-state index is 13.6. The number of amides is 1. The minimum absolute atomic E-state index is 0.0353. The van der Waals surface area contributed by atoms with Gasteiger partial charge in [-0.15, -0.1) is 0 Å². The van der Waals surface area contributed by atoms with Gasteiger partial charge >= 0.3 is 0 Å². The first-order valence-electron chi connectivity index (χ1n) is 10.7. The van der Waals surface area contributed by atoms with E-state index in [4.69, 9.17) is 0 Å². The molecular formula is C24H25FN6O. The number of nitrogens with one attached hydrogen (secondary N) is 2. The highest BCUT2D eigenvalue weighted by atomic mass is 19.1. The van der Waals surface area contributed by atoms with Crippen molar-refractivity contribution in [1.82, 2.24) is 30.0 Å². The monoisotopic (exact) mass is 432 g/mol. The highest BCUT2D eigenvalue weighted by Crippen LogP contribution is 2.28. The van der Waals surface area contributed by atoms with Crippen LogP contribution in [0.3, 0.4) is 0 Å². The van der Waals surface area contributed by atoms with E-state index < -0.39 is 0 Å². The quantitative estimate of drug-likeness (QED) is 0.491. The summed E-state index contributed by atoms with van der Waals surface area (Å²) in [7, 11) is 1.88. The summed E-state index contributed by atoms with van der Waals surface area (Å²) in [4.78, 5) is 22.8. The van der Waals surface area contributed by atoms with Crippen molar-refractivity contribution in [3.05, 3.63) is 83.3 Å². The van der Waals surface area contributed by atoms with Gasteiger partial charge in [-0.3, -0.25) is 19.4 Å². The SMILES string of the molecule is Cn1cc2c(n1)C(C(=O)NCCc1c[nH]c3ccc(F)cc13)CN(Cc1cccnc1)C2. The minimum Gasteiger partial charge on any atom is -0.361 e. The molecule has 0 saturated carbocycles. The number of H-pyrrole nitrogens is 1. The number of carbonyl (C=O) groups excluding carboxylic acids is 1. The summed E-state index contributed by atoms with van der Waals surface area (Å²) in [6.45, 7) is 2.56. The molecule has 0 bridgehead atoms. The Hall–Kier alpha value is -3.52. The molecule has 3 aromatic heterocycles. The third-order valence-electron chi connectivity index (χ3n) is 5.97. The van der Waals surface area contributed by atoms with Crippen LogP contribution in [0.1, 0.15) is 28.3 Å². The zero-order valence-corrected chi connectivity index (χ0v) is 17.9. The molecule has 1 aliphatic heterocycles. The first kappa shape index (κ1) is 20.4. The van der Waals surface area contributed by atoms with Crippen molar-refractivity contribution in [2.75, 3.05) is 13.1 Å². The van der Waals surface area contributed by atoms with Crippen LogP contribution in [0.25, 0.3) is 10.9 Å². The smallest absolute Gasteiger partial charge is 0.230 e. The molecule has 1 aliphatic rings. The number of benzene rings is 1. The third-order valence-corrected chi connectivity index (χ3v) is 5.97. The van der Waals surface area contributed by atoms with E-state index in [0.717, 1.165) is 46.4 Å². The molecule has 5 rings (SSSR count). The highest BCUT2D eigenvalue weighted by molar-refractivity contribution is 5.85. The van der Waals surface area contributed by atoms with Crippen LogP contribution in [0.4, 0.5) is 4.39 Å². The molecule has 0 radical (unpaired) electrons. The summed E-state index contributed by atoms with van der Waals surface area (Å²) in [6.07, 6.45) is 8.11. The van der Waals surface area contributed by atoms with E-state index in [-0.39, 0.29) is 17.6 Å². The van der Waals surface area contributed by atoms with Crippen LogP contribution in [-0.2, 0) is 31.4 Å². The van der Waals surface area contributed by atoms with E-state index in [1.54, 1.807) is 16.9 Å². The van der Waals surface area contributed by atoms with Gasteiger partial charge in [-0.25, -0.2) is 4.39 Å². The molecule has 8 heteroatoms. The highest BCUT2D eigenvalue weighted by Gasteiger charge is 2.33. The van der Waals surface area contributed by atoms with Crippen molar-refractivity contribution in [1.29, 1.82) is 0 Å². The Balaban J connectivity index is 1.27. The number of aromatic nitrogens is 4. The molecule has 1 atom stereocenters. The molecule has 1 amide bonds. The van der Waals surface area contributed by atoms with Crippen LogP contribution in [0.2, 0.25) is 0 Å². The molecule has 1 unspecified atom stereocenters. The first-order valence-corrected chi connectivity index (χ1v) is 10.7. The van der Waals surface area contributed by atoms with Crippen LogP contribution in [0.5, 0.6) is 0 Å². The van der Waals surface area contributed by atoms with Gasteiger partial charge in [0.15, 0.2) is 0 Å². The number of hydrogen-bond donors (Lipinski definition) is 2. The molecular weight excluding hydrogens is 407 g/mol. The molecule has 7 nitrogen and oxygen atoms in total. The van der Waals surface area contributed by atoms with Crippen molar-refractivity contribution in [2.45, 2.75) is 25.4 Å². The number of rotatable bonds is 6. The van der Waals surface area contributed by atoms with Gasteiger partial charge in [0.25, 0.3) is 0 Å². The Labute approximate surface area is 185 Å². The fourth-order valence-corrected chi connectivity index (χ4v) is 4.50. The lowest BCUT2D eigenvalue weighted by Gasteiger charge is -2.31. The standard InChI is InChI=1S/C24H25FN6O/c1-30-13-18-14-31(12-16-3-2-7-26-10-16)15-21(23(18)29-30)24(32)27-8-6-17-11-28-22-5-4-19(25)9-20(17)22/h2-5,7,9-11,13,21,28H,6,8,12,14-15H2,1H3,(H,27,32). The van der Waals surface area contributed by atoms with Crippen molar-refractivity contribution >= 4 is 16.8 Å². The molecule has 164 valence electrons. The zero-order valence-electron chi connectivity index (χ0n) is 17.9. The zero-order chi connectivity index (χ0) is 22.1. The van der Waals surface area contributed by atoms with Gasteiger partial charge in [-0.2, -0.15) is 5.10 Å². The van der Waals surface area contributed by atoms with Crippen molar-refractivity contribution in [2.24, 2.45) is 7.05 Å². The van der Waals surface area contributed by atoms with Crippen molar-refractivity contribution < 1.29 is 9.18 Å². The molecule has 4 aromatic rings. The molecule has 32 heavy (non-hydrogen) atoms. The molecule has 4 heterocycles. The molecule has 2 N–H and O–H groups in total. The minimum atomic E-state index is -0.336. The number of fused-ring (bicyclic) bond motifs is 2. The summed E-state index contributed by atoms with van der Waals surface area (Å²) in [5.41, 5.74) is 4.92. The van der Waals surface area contributed by atoms with E-state index in [0.29, 0.717) is 19.5 Å². The van der Waals surface area contributed by atoms with Gasteiger partial charge in [-0.05, 0) is 41.8 Å². The average Bonchev–Trinajstić information content (AvgIpc) is 3.36. The van der Waals surface area contributed by atoms with Crippen LogP contribution >= 0.6 is 0 Å². The predicted octanol–water partition coefficient (Wildman–Crippen LogP) is 2.89. The summed E-state index contributed by atoms with van der Waals surface area (Å²) < 4.78 is 15.4. The van der Waals surface area contributed by atoms with Crippen LogP contribution in [0.15, 0.2) is 55.1 Å². The molecule has 0 spiro atoms. The number of halogens is 1. The second-order valence-electron chi connectivity index (χ2n) is 8.34. The van der Waals surface area contributed by atoms with Crippen molar-refractivity contribution in [3.63, 3.8) is 0 Å². The Bertz CT molecular complexity index is 1250. The van der Waals surface area contributed by atoms with E-state index >= 15 is 0 Å². The Morgan fingerprint density at radius 3 is 3.09 bits per heavy atom. The van der Waals surface area contributed by atoms with Gasteiger partial charge in [0.2, 0.25) is 5.91 Å². The summed E-state index contributed by atoms with van der Waals surface area (Å²) >= 11 is 0. The average molecular weight is 433 g/mol. The molecule has 0 fully saturated rings. The van der Waals surface area contributed by atoms with Gasteiger partial charge in [0.05, 0.1) is 11.6 Å². The van der Waals surface area contributed by atoms with E-state index in [1.807, 2.05) is 37.8 Å². The lowest BCUT2D eigenvalue weighted by atomic mass is 9.95. The summed E-state index contributed by atoms with van der Waals surface area (Å²) in [5, 5.41) is 8.50. The normalized spacial score (nSPS) is 16.2. The Morgan fingerprint density at radius 1 is 1.34 bits per heavy atom. The lowest BCUT2D eigenvalue weighted by Crippen LogP contribution is -2.41. The Morgan fingerprint density at radius 2 is 2.25 bits per heavy atom. The molecule has 0 aliphatic carbocycles.